The second-order valence-corrected chi connectivity index (χ2v) is 3.85. The van der Waals surface area contributed by atoms with E-state index in [4.69, 9.17) is 4.74 Å². The summed E-state index contributed by atoms with van der Waals surface area (Å²) in [6.45, 7) is 1.06. The van der Waals surface area contributed by atoms with Crippen molar-refractivity contribution in [1.29, 1.82) is 0 Å². The van der Waals surface area contributed by atoms with Crippen LogP contribution in [0, 0.1) is 0 Å². The van der Waals surface area contributed by atoms with E-state index >= 15 is 0 Å². The van der Waals surface area contributed by atoms with Crippen LogP contribution in [0.1, 0.15) is 12.5 Å². The number of nitrogens with one attached hydrogen (secondary N) is 1. The zero-order valence-corrected chi connectivity index (χ0v) is 10.0. The third-order valence-corrected chi connectivity index (χ3v) is 2.37. The Morgan fingerprint density at radius 2 is 1.89 bits per heavy atom. The summed E-state index contributed by atoms with van der Waals surface area (Å²) in [6.07, 6.45) is -4.77. The standard InChI is InChI=1S/C12H14F3NO2/c1-8(17)16-11(12(13,14)15)7-9-3-5-10(18-2)6-4-9/h3-6,11H,7H2,1-2H3,(H,16,17). The fourth-order valence-corrected chi connectivity index (χ4v) is 1.49. The molecule has 3 nitrogen and oxygen atoms in total. The first kappa shape index (κ1) is 14.3. The summed E-state index contributed by atoms with van der Waals surface area (Å²) in [7, 11) is 1.48. The monoisotopic (exact) mass is 261 g/mol. The number of methoxy groups -OCH3 is 1. The van der Waals surface area contributed by atoms with E-state index in [2.05, 4.69) is 0 Å². The maximum atomic E-state index is 12.7. The summed E-state index contributed by atoms with van der Waals surface area (Å²) in [5.41, 5.74) is 0.479. The van der Waals surface area contributed by atoms with Crippen molar-refractivity contribution in [2.75, 3.05) is 7.11 Å². The Kier molecular flexibility index (Phi) is 4.58. The van der Waals surface area contributed by atoms with Gasteiger partial charge in [-0.25, -0.2) is 0 Å². The number of amides is 1. The van der Waals surface area contributed by atoms with Crippen LogP contribution in [0.3, 0.4) is 0 Å². The van der Waals surface area contributed by atoms with Crippen LogP contribution in [0.4, 0.5) is 13.2 Å². The zero-order chi connectivity index (χ0) is 13.8. The van der Waals surface area contributed by atoms with Crippen molar-refractivity contribution in [1.82, 2.24) is 5.32 Å². The third kappa shape index (κ3) is 4.27. The van der Waals surface area contributed by atoms with Gasteiger partial charge in [0.25, 0.3) is 0 Å². The van der Waals surface area contributed by atoms with Gasteiger partial charge in [-0.3, -0.25) is 4.79 Å². The van der Waals surface area contributed by atoms with Gasteiger partial charge in [-0.15, -0.1) is 0 Å². The van der Waals surface area contributed by atoms with Crippen LogP contribution < -0.4 is 10.1 Å². The number of ether oxygens (including phenoxy) is 1. The maximum Gasteiger partial charge on any atom is 0.408 e. The van der Waals surface area contributed by atoms with Gasteiger partial charge < -0.3 is 10.1 Å². The molecule has 0 saturated heterocycles. The predicted molar refractivity (Wildman–Crippen MR) is 60.4 cm³/mol. The molecule has 0 bridgehead atoms. The number of alkyl halides is 3. The smallest absolute Gasteiger partial charge is 0.408 e. The van der Waals surface area contributed by atoms with Crippen LogP contribution in [-0.4, -0.2) is 25.2 Å². The number of carbonyl (C=O) groups is 1. The van der Waals surface area contributed by atoms with Crippen LogP contribution in [-0.2, 0) is 11.2 Å². The molecule has 1 unspecified atom stereocenters. The van der Waals surface area contributed by atoms with Gasteiger partial charge in [0.2, 0.25) is 5.91 Å². The van der Waals surface area contributed by atoms with E-state index in [1.807, 2.05) is 5.32 Å². The first-order valence-electron chi connectivity index (χ1n) is 5.29. The molecule has 1 amide bonds. The molecule has 0 fully saturated rings. The zero-order valence-electron chi connectivity index (χ0n) is 10.0. The molecule has 18 heavy (non-hydrogen) atoms. The third-order valence-electron chi connectivity index (χ3n) is 2.37. The fraction of sp³-hybridized carbons (Fsp3) is 0.417. The number of hydrogen-bond acceptors (Lipinski definition) is 2. The topological polar surface area (TPSA) is 38.3 Å². The van der Waals surface area contributed by atoms with Crippen molar-refractivity contribution in [2.45, 2.75) is 25.6 Å². The van der Waals surface area contributed by atoms with E-state index in [9.17, 15) is 18.0 Å². The van der Waals surface area contributed by atoms with Gasteiger partial charge in [0.05, 0.1) is 7.11 Å². The molecule has 1 rings (SSSR count). The Morgan fingerprint density at radius 1 is 1.33 bits per heavy atom. The van der Waals surface area contributed by atoms with Crippen LogP contribution in [0.15, 0.2) is 24.3 Å². The molecule has 0 aliphatic rings. The Bertz CT molecular complexity index is 401. The van der Waals surface area contributed by atoms with E-state index in [0.717, 1.165) is 6.92 Å². The molecule has 0 aliphatic carbocycles. The average molecular weight is 261 g/mol. The van der Waals surface area contributed by atoms with Crippen molar-refractivity contribution in [2.24, 2.45) is 0 Å². The van der Waals surface area contributed by atoms with E-state index in [-0.39, 0.29) is 6.42 Å². The molecule has 100 valence electrons. The number of hydrogen-bond donors (Lipinski definition) is 1. The van der Waals surface area contributed by atoms with Gasteiger partial charge in [0.1, 0.15) is 11.8 Å². The highest BCUT2D eigenvalue weighted by molar-refractivity contribution is 5.73. The minimum Gasteiger partial charge on any atom is -0.497 e. The van der Waals surface area contributed by atoms with Crippen molar-refractivity contribution in [3.63, 3.8) is 0 Å². The number of benzene rings is 1. The second-order valence-electron chi connectivity index (χ2n) is 3.85. The Balaban J connectivity index is 2.79. The van der Waals surface area contributed by atoms with Crippen LogP contribution in [0.5, 0.6) is 5.75 Å². The Labute approximate surface area is 103 Å². The van der Waals surface area contributed by atoms with E-state index in [1.165, 1.54) is 7.11 Å². The molecule has 0 spiro atoms. The highest BCUT2D eigenvalue weighted by Gasteiger charge is 2.40. The quantitative estimate of drug-likeness (QED) is 0.903. The lowest BCUT2D eigenvalue weighted by Gasteiger charge is -2.21. The van der Waals surface area contributed by atoms with Gasteiger partial charge in [0, 0.05) is 13.3 Å². The van der Waals surface area contributed by atoms with Crippen molar-refractivity contribution >= 4 is 5.91 Å². The predicted octanol–water partition coefficient (Wildman–Crippen LogP) is 2.30. The van der Waals surface area contributed by atoms with Gasteiger partial charge in [-0.05, 0) is 17.7 Å². The fourth-order valence-electron chi connectivity index (χ4n) is 1.49. The molecule has 0 aliphatic heterocycles. The lowest BCUT2D eigenvalue weighted by molar-refractivity contribution is -0.160. The Morgan fingerprint density at radius 3 is 2.28 bits per heavy atom. The maximum absolute atomic E-state index is 12.7. The molecular formula is C12H14F3NO2. The summed E-state index contributed by atoms with van der Waals surface area (Å²) < 4.78 is 42.9. The number of rotatable bonds is 4. The minimum absolute atomic E-state index is 0.299. The first-order valence-corrected chi connectivity index (χ1v) is 5.29. The molecule has 1 N–H and O–H groups in total. The normalized spacial score (nSPS) is 12.9. The summed E-state index contributed by atoms with van der Waals surface area (Å²) in [4.78, 5) is 10.8. The molecule has 1 aromatic carbocycles. The molecule has 1 atom stereocenters. The van der Waals surface area contributed by atoms with E-state index in [0.29, 0.717) is 11.3 Å². The highest BCUT2D eigenvalue weighted by Crippen LogP contribution is 2.24. The molecule has 6 heteroatoms. The summed E-state index contributed by atoms with van der Waals surface area (Å²) in [5, 5.41) is 1.90. The van der Waals surface area contributed by atoms with Gasteiger partial charge in [0.15, 0.2) is 0 Å². The van der Waals surface area contributed by atoms with E-state index < -0.39 is 18.1 Å². The highest BCUT2D eigenvalue weighted by atomic mass is 19.4. The SMILES string of the molecule is COc1ccc(CC(NC(C)=O)C(F)(F)F)cc1. The molecule has 0 saturated carbocycles. The van der Waals surface area contributed by atoms with Crippen molar-refractivity contribution < 1.29 is 22.7 Å². The lowest BCUT2D eigenvalue weighted by atomic mass is 10.1. The van der Waals surface area contributed by atoms with Crippen LogP contribution >= 0.6 is 0 Å². The molecule has 0 heterocycles. The molecule has 0 radical (unpaired) electrons. The first-order chi connectivity index (χ1) is 8.32. The van der Waals surface area contributed by atoms with Crippen molar-refractivity contribution in [3.8, 4) is 5.75 Å². The van der Waals surface area contributed by atoms with Crippen LogP contribution in [0.25, 0.3) is 0 Å². The molecule has 0 aromatic heterocycles. The van der Waals surface area contributed by atoms with Gasteiger partial charge >= 0.3 is 6.18 Å². The number of carbonyl (C=O) groups excluding carboxylic acids is 1. The summed E-state index contributed by atoms with van der Waals surface area (Å²) in [5.74, 6) is -0.132. The lowest BCUT2D eigenvalue weighted by Crippen LogP contribution is -2.46. The van der Waals surface area contributed by atoms with Crippen molar-refractivity contribution in [3.05, 3.63) is 29.8 Å². The second kappa shape index (κ2) is 5.75. The van der Waals surface area contributed by atoms with E-state index in [1.54, 1.807) is 24.3 Å². The number of halogens is 3. The summed E-state index contributed by atoms with van der Waals surface area (Å²) >= 11 is 0. The summed E-state index contributed by atoms with van der Waals surface area (Å²) in [6, 6.07) is 4.37. The molecular weight excluding hydrogens is 247 g/mol. The average Bonchev–Trinajstić information content (AvgIpc) is 2.27. The molecule has 1 aromatic rings. The Hall–Kier alpha value is -1.72. The largest absolute Gasteiger partial charge is 0.497 e. The minimum atomic E-state index is -4.47. The van der Waals surface area contributed by atoms with Gasteiger partial charge in [-0.1, -0.05) is 12.1 Å². The van der Waals surface area contributed by atoms with Crippen LogP contribution in [0.2, 0.25) is 0 Å². The van der Waals surface area contributed by atoms with Gasteiger partial charge in [-0.2, -0.15) is 13.2 Å².